The number of hydrogen-bond donors (Lipinski definition) is 2. The van der Waals surface area contributed by atoms with Gasteiger partial charge in [0, 0.05) is 24.4 Å². The van der Waals surface area contributed by atoms with Gasteiger partial charge in [0.05, 0.1) is 6.10 Å². The van der Waals surface area contributed by atoms with E-state index in [1.165, 1.54) is 10.5 Å². The summed E-state index contributed by atoms with van der Waals surface area (Å²) in [4.78, 5) is 1.36. The van der Waals surface area contributed by atoms with Crippen LogP contribution in [0, 0.1) is 0 Å². The third-order valence-electron chi connectivity index (χ3n) is 2.12. The van der Waals surface area contributed by atoms with Crippen LogP contribution in [0.4, 0.5) is 0 Å². The Morgan fingerprint density at radius 3 is 3.23 bits per heavy atom. The molecular weight excluding hydrogens is 182 g/mol. The molecule has 2 rings (SSSR count). The van der Waals surface area contributed by atoms with Crippen LogP contribution in [0.2, 0.25) is 0 Å². The Bertz CT molecular complexity index is 292. The van der Waals surface area contributed by atoms with Gasteiger partial charge in [0.25, 0.3) is 0 Å². The number of hydrogen-bond acceptors (Lipinski definition) is 3. The zero-order valence-corrected chi connectivity index (χ0v) is 8.18. The van der Waals surface area contributed by atoms with Crippen molar-refractivity contribution in [2.45, 2.75) is 12.5 Å². The highest BCUT2D eigenvalue weighted by Gasteiger charge is 2.10. The van der Waals surface area contributed by atoms with E-state index in [1.54, 1.807) is 11.3 Å². The Morgan fingerprint density at radius 1 is 1.62 bits per heavy atom. The molecule has 0 spiro atoms. The first-order chi connectivity index (χ1) is 6.34. The standard InChI is InChI=1S/C10H13NOS/c12-9-4-8(6-11-7-9)5-10-2-1-3-13-10/h1-4,9,11-12H,5-7H2. The Hall–Kier alpha value is -0.640. The lowest BCUT2D eigenvalue weighted by atomic mass is 10.1. The first-order valence-corrected chi connectivity index (χ1v) is 5.33. The number of rotatable bonds is 2. The van der Waals surface area contributed by atoms with Crippen molar-refractivity contribution in [2.75, 3.05) is 13.1 Å². The molecule has 2 heterocycles. The highest BCUT2D eigenvalue weighted by Crippen LogP contribution is 2.15. The van der Waals surface area contributed by atoms with Crippen molar-refractivity contribution in [1.29, 1.82) is 0 Å². The maximum atomic E-state index is 9.37. The lowest BCUT2D eigenvalue weighted by Crippen LogP contribution is -2.32. The molecule has 2 nitrogen and oxygen atoms in total. The summed E-state index contributed by atoms with van der Waals surface area (Å²) in [6.07, 6.45) is 2.64. The monoisotopic (exact) mass is 195 g/mol. The second-order valence-corrected chi connectivity index (χ2v) is 4.31. The van der Waals surface area contributed by atoms with Gasteiger partial charge in [-0.25, -0.2) is 0 Å². The average molecular weight is 195 g/mol. The average Bonchev–Trinajstić information content (AvgIpc) is 2.57. The van der Waals surface area contributed by atoms with E-state index in [0.717, 1.165) is 13.0 Å². The Balaban J connectivity index is 2.02. The molecule has 1 atom stereocenters. The van der Waals surface area contributed by atoms with Crippen LogP contribution in [0.15, 0.2) is 29.2 Å². The number of β-amino-alcohol motifs (C(OH)–C–C–N with tert-alkyl or cyclic N) is 1. The molecule has 1 aromatic rings. The van der Waals surface area contributed by atoms with E-state index in [2.05, 4.69) is 22.8 Å². The topological polar surface area (TPSA) is 32.3 Å². The smallest absolute Gasteiger partial charge is 0.0848 e. The minimum atomic E-state index is -0.302. The van der Waals surface area contributed by atoms with Crippen molar-refractivity contribution >= 4 is 11.3 Å². The lowest BCUT2D eigenvalue weighted by Gasteiger charge is -2.17. The highest BCUT2D eigenvalue weighted by molar-refractivity contribution is 7.09. The van der Waals surface area contributed by atoms with E-state index in [4.69, 9.17) is 0 Å². The summed E-state index contributed by atoms with van der Waals surface area (Å²) in [6, 6.07) is 4.19. The molecule has 1 aliphatic heterocycles. The molecule has 0 fully saturated rings. The zero-order valence-electron chi connectivity index (χ0n) is 7.36. The van der Waals surface area contributed by atoms with Crippen molar-refractivity contribution in [1.82, 2.24) is 5.32 Å². The van der Waals surface area contributed by atoms with E-state index in [-0.39, 0.29) is 6.10 Å². The molecule has 13 heavy (non-hydrogen) atoms. The second kappa shape index (κ2) is 4.05. The van der Waals surface area contributed by atoms with Gasteiger partial charge in [-0.2, -0.15) is 0 Å². The molecule has 0 saturated heterocycles. The molecule has 0 aliphatic carbocycles. The fourth-order valence-electron chi connectivity index (χ4n) is 1.53. The Labute approximate surface area is 81.9 Å². The number of nitrogens with one attached hydrogen (secondary N) is 1. The van der Waals surface area contributed by atoms with Gasteiger partial charge in [0.1, 0.15) is 0 Å². The van der Waals surface area contributed by atoms with E-state index >= 15 is 0 Å². The molecular formula is C10H13NOS. The predicted octanol–water partition coefficient (Wildman–Crippen LogP) is 1.18. The van der Waals surface area contributed by atoms with Crippen LogP contribution < -0.4 is 5.32 Å². The van der Waals surface area contributed by atoms with Gasteiger partial charge in [-0.05, 0) is 11.4 Å². The summed E-state index contributed by atoms with van der Waals surface area (Å²) in [5.74, 6) is 0. The summed E-state index contributed by atoms with van der Waals surface area (Å²) in [5.41, 5.74) is 1.29. The van der Waals surface area contributed by atoms with Crippen LogP contribution in [0.25, 0.3) is 0 Å². The molecule has 0 bridgehead atoms. The van der Waals surface area contributed by atoms with Crippen molar-refractivity contribution < 1.29 is 5.11 Å². The lowest BCUT2D eigenvalue weighted by molar-refractivity contribution is 0.213. The number of aliphatic hydroxyl groups is 1. The van der Waals surface area contributed by atoms with Crippen LogP contribution in [0.3, 0.4) is 0 Å². The molecule has 1 aliphatic rings. The van der Waals surface area contributed by atoms with E-state index < -0.39 is 0 Å². The third kappa shape index (κ3) is 2.40. The second-order valence-electron chi connectivity index (χ2n) is 3.28. The molecule has 1 aromatic heterocycles. The van der Waals surface area contributed by atoms with Crippen LogP contribution in [0.1, 0.15) is 4.88 Å². The van der Waals surface area contributed by atoms with Crippen molar-refractivity contribution in [3.05, 3.63) is 34.0 Å². The summed E-state index contributed by atoms with van der Waals surface area (Å²) in [6.45, 7) is 1.60. The molecule has 0 saturated carbocycles. The largest absolute Gasteiger partial charge is 0.388 e. The van der Waals surface area contributed by atoms with Gasteiger partial charge >= 0.3 is 0 Å². The van der Waals surface area contributed by atoms with Crippen LogP contribution >= 0.6 is 11.3 Å². The summed E-state index contributed by atoms with van der Waals surface area (Å²) in [7, 11) is 0. The Kier molecular flexibility index (Phi) is 2.78. The quantitative estimate of drug-likeness (QED) is 0.695. The fraction of sp³-hybridized carbons (Fsp3) is 0.400. The summed E-state index contributed by atoms with van der Waals surface area (Å²) in [5, 5.41) is 14.6. The van der Waals surface area contributed by atoms with Gasteiger partial charge in [-0.15, -0.1) is 11.3 Å². The van der Waals surface area contributed by atoms with Crippen LogP contribution in [0.5, 0.6) is 0 Å². The molecule has 70 valence electrons. The molecule has 2 N–H and O–H groups in total. The van der Waals surface area contributed by atoms with E-state index in [9.17, 15) is 5.11 Å². The number of aliphatic hydroxyl groups excluding tert-OH is 1. The van der Waals surface area contributed by atoms with Gasteiger partial charge < -0.3 is 10.4 Å². The van der Waals surface area contributed by atoms with Crippen LogP contribution in [-0.4, -0.2) is 24.3 Å². The SMILES string of the molecule is OC1C=C(Cc2cccs2)CNC1. The molecule has 0 aromatic carbocycles. The predicted molar refractivity (Wildman–Crippen MR) is 55.0 cm³/mol. The third-order valence-corrected chi connectivity index (χ3v) is 2.99. The van der Waals surface area contributed by atoms with Gasteiger partial charge in [0.2, 0.25) is 0 Å². The summed E-state index contributed by atoms with van der Waals surface area (Å²) >= 11 is 1.77. The summed E-state index contributed by atoms with van der Waals surface area (Å²) < 4.78 is 0. The fourth-order valence-corrected chi connectivity index (χ4v) is 2.29. The van der Waals surface area contributed by atoms with Gasteiger partial charge in [-0.3, -0.25) is 0 Å². The van der Waals surface area contributed by atoms with Crippen molar-refractivity contribution in [3.63, 3.8) is 0 Å². The minimum Gasteiger partial charge on any atom is -0.388 e. The van der Waals surface area contributed by atoms with Gasteiger partial charge in [0.15, 0.2) is 0 Å². The zero-order chi connectivity index (χ0) is 9.10. The van der Waals surface area contributed by atoms with Crippen LogP contribution in [-0.2, 0) is 6.42 Å². The molecule has 3 heteroatoms. The van der Waals surface area contributed by atoms with Crippen molar-refractivity contribution in [2.24, 2.45) is 0 Å². The molecule has 0 radical (unpaired) electrons. The first kappa shape index (κ1) is 8.94. The molecule has 0 amide bonds. The highest BCUT2D eigenvalue weighted by atomic mass is 32.1. The Morgan fingerprint density at radius 2 is 2.54 bits per heavy atom. The maximum Gasteiger partial charge on any atom is 0.0848 e. The minimum absolute atomic E-state index is 0.302. The number of thiophene rings is 1. The van der Waals surface area contributed by atoms with E-state index in [1.807, 2.05) is 6.08 Å². The van der Waals surface area contributed by atoms with E-state index in [0.29, 0.717) is 6.54 Å². The van der Waals surface area contributed by atoms with Gasteiger partial charge in [-0.1, -0.05) is 17.7 Å². The normalized spacial score (nSPS) is 22.8. The maximum absolute atomic E-state index is 9.37. The first-order valence-electron chi connectivity index (χ1n) is 4.45. The van der Waals surface area contributed by atoms with Crippen molar-refractivity contribution in [3.8, 4) is 0 Å². The molecule has 1 unspecified atom stereocenters.